The Morgan fingerprint density at radius 2 is 0.897 bits per heavy atom. The second kappa shape index (κ2) is 19.7. The highest BCUT2D eigenvalue weighted by Gasteiger charge is 2.35. The molecular weight excluding hydrogens is 873 g/mol. The lowest BCUT2D eigenvalue weighted by Gasteiger charge is -2.24. The number of H-pyrrole nitrogens is 2. The van der Waals surface area contributed by atoms with Crippen molar-refractivity contribution in [3.05, 3.63) is 131 Å². The van der Waals surface area contributed by atoms with Crippen molar-refractivity contribution in [2.45, 2.75) is 77.7 Å². The average molecular weight is 925 g/mol. The number of amides is 6. The van der Waals surface area contributed by atoms with Crippen molar-refractivity contribution in [3.8, 4) is 0 Å². The topological polar surface area (TPSA) is 259 Å². The van der Waals surface area contributed by atoms with E-state index < -0.39 is 83.8 Å². The van der Waals surface area contributed by atoms with E-state index in [0.717, 1.165) is 32.9 Å². The summed E-state index contributed by atoms with van der Waals surface area (Å²) in [4.78, 5) is 115. The largest absolute Gasteiger partial charge is 0.444 e. The molecular formula is C50H52N8O10. The van der Waals surface area contributed by atoms with Crippen molar-refractivity contribution in [1.82, 2.24) is 31.2 Å². The highest BCUT2D eigenvalue weighted by molar-refractivity contribution is 6.32. The standard InChI is InChI=1S/C50H52N8O10/c1-49(2,3)67-47(65)57-37(21-27-23-51-33-17-11-9-13-29(27)33)45(63)53-25-39(59)55-35-19-20-36(42-41(35)43(61)31-15-7-8-16-32(31)44(42)62)56-40(60)26-54-46(64)38(58-48(66)68-50(4,5)6)22-28-24-52-34-18-12-10-14-30(28)34/h7-20,23-24,37-38,51-52H,21-22,25-26H2,1-6H3,(H,53,63)(H,54,64)(H,55,59)(H,56,60)(H,57,65)(H,58,66)/t37-,38-/m0/s1. The molecule has 4 aromatic carbocycles. The fourth-order valence-electron chi connectivity index (χ4n) is 7.76. The van der Waals surface area contributed by atoms with Crippen molar-refractivity contribution < 1.29 is 47.8 Å². The van der Waals surface area contributed by atoms with Gasteiger partial charge in [0, 0.05) is 58.2 Å². The Hall–Kier alpha value is -8.28. The number of para-hydroxylation sites is 2. The number of rotatable bonds is 14. The number of carbonyl (C=O) groups is 8. The molecule has 0 radical (unpaired) electrons. The van der Waals surface area contributed by atoms with Gasteiger partial charge >= 0.3 is 12.2 Å². The second-order valence-electron chi connectivity index (χ2n) is 18.2. The van der Waals surface area contributed by atoms with Gasteiger partial charge in [-0.3, -0.25) is 28.8 Å². The van der Waals surface area contributed by atoms with Crippen molar-refractivity contribution in [3.63, 3.8) is 0 Å². The molecule has 7 rings (SSSR count). The lowest BCUT2D eigenvalue weighted by Crippen LogP contribution is -2.50. The second-order valence-corrected chi connectivity index (χ2v) is 18.2. The monoisotopic (exact) mass is 924 g/mol. The molecule has 6 amide bonds. The predicted octanol–water partition coefficient (Wildman–Crippen LogP) is 5.81. The molecule has 0 saturated heterocycles. The van der Waals surface area contributed by atoms with Gasteiger partial charge in [-0.25, -0.2) is 9.59 Å². The summed E-state index contributed by atoms with van der Waals surface area (Å²) in [7, 11) is 0. The highest BCUT2D eigenvalue weighted by atomic mass is 16.6. The number of nitrogens with one attached hydrogen (secondary N) is 8. The molecule has 2 atom stereocenters. The summed E-state index contributed by atoms with van der Waals surface area (Å²) in [6, 6.07) is 21.3. The summed E-state index contributed by atoms with van der Waals surface area (Å²) in [5, 5.41) is 17.2. The SMILES string of the molecule is CC(C)(C)OC(=O)N[C@@H](Cc1c[nH]c2ccccc12)C(=O)NCC(=O)Nc1ccc(NC(=O)CNC(=O)[C@H](Cc2c[nH]c3ccccc23)NC(=O)OC(C)(C)C)c2c1C(=O)c1ccccc1C2=O. The number of hydrogen-bond acceptors (Lipinski definition) is 10. The lowest BCUT2D eigenvalue weighted by atomic mass is 9.82. The maximum atomic E-state index is 14.1. The highest BCUT2D eigenvalue weighted by Crippen LogP contribution is 2.36. The number of ketones is 2. The van der Waals surface area contributed by atoms with Gasteiger partial charge in [0.15, 0.2) is 11.6 Å². The Balaban J connectivity index is 1.06. The zero-order chi connectivity index (χ0) is 48.9. The van der Waals surface area contributed by atoms with E-state index in [2.05, 4.69) is 41.9 Å². The van der Waals surface area contributed by atoms with Crippen LogP contribution in [0.15, 0.2) is 97.3 Å². The first kappa shape index (κ1) is 47.7. The zero-order valence-corrected chi connectivity index (χ0v) is 38.3. The van der Waals surface area contributed by atoms with Crippen LogP contribution >= 0.6 is 0 Å². The molecule has 6 aromatic rings. The van der Waals surface area contributed by atoms with Gasteiger partial charge in [-0.1, -0.05) is 60.7 Å². The number of ether oxygens (including phenoxy) is 2. The summed E-state index contributed by atoms with van der Waals surface area (Å²) >= 11 is 0. The summed E-state index contributed by atoms with van der Waals surface area (Å²) in [6.07, 6.45) is 1.87. The minimum Gasteiger partial charge on any atom is -0.444 e. The molecule has 1 aliphatic carbocycles. The van der Waals surface area contributed by atoms with Gasteiger partial charge in [0.2, 0.25) is 23.6 Å². The van der Waals surface area contributed by atoms with Gasteiger partial charge in [0.05, 0.1) is 35.6 Å². The molecule has 0 unspecified atom stereocenters. The first-order chi connectivity index (χ1) is 32.2. The molecule has 0 fully saturated rings. The Bertz CT molecular complexity index is 2780. The van der Waals surface area contributed by atoms with Crippen LogP contribution in [0.25, 0.3) is 21.8 Å². The Morgan fingerprint density at radius 3 is 1.28 bits per heavy atom. The Kier molecular flexibility index (Phi) is 13.8. The zero-order valence-electron chi connectivity index (χ0n) is 38.3. The van der Waals surface area contributed by atoms with Crippen LogP contribution in [0.2, 0.25) is 0 Å². The minimum atomic E-state index is -1.17. The summed E-state index contributed by atoms with van der Waals surface area (Å²) in [5.74, 6) is -4.18. The molecule has 2 aromatic heterocycles. The smallest absolute Gasteiger partial charge is 0.408 e. The first-order valence-electron chi connectivity index (χ1n) is 21.8. The van der Waals surface area contributed by atoms with Crippen molar-refractivity contribution >= 4 is 80.6 Å². The number of benzene rings is 4. The minimum absolute atomic E-state index is 0.0473. The molecule has 0 saturated carbocycles. The van der Waals surface area contributed by atoms with E-state index in [9.17, 15) is 38.4 Å². The molecule has 68 heavy (non-hydrogen) atoms. The average Bonchev–Trinajstić information content (AvgIpc) is 3.89. The third-order valence-corrected chi connectivity index (χ3v) is 10.7. The van der Waals surface area contributed by atoms with Gasteiger partial charge in [-0.15, -0.1) is 0 Å². The van der Waals surface area contributed by atoms with E-state index >= 15 is 0 Å². The van der Waals surface area contributed by atoms with Crippen LogP contribution in [-0.4, -0.2) is 93.7 Å². The van der Waals surface area contributed by atoms with E-state index in [1.54, 1.807) is 66.1 Å². The maximum absolute atomic E-state index is 14.1. The van der Waals surface area contributed by atoms with Crippen LogP contribution in [0.5, 0.6) is 0 Å². The lowest BCUT2D eigenvalue weighted by molar-refractivity contribution is -0.125. The molecule has 18 heteroatoms. The molecule has 352 valence electrons. The number of carbonyl (C=O) groups excluding carboxylic acids is 8. The van der Waals surface area contributed by atoms with Gasteiger partial charge in [-0.2, -0.15) is 0 Å². The van der Waals surface area contributed by atoms with Crippen LogP contribution in [0.3, 0.4) is 0 Å². The number of anilines is 2. The van der Waals surface area contributed by atoms with Crippen LogP contribution in [-0.2, 0) is 41.5 Å². The molecule has 8 N–H and O–H groups in total. The van der Waals surface area contributed by atoms with Gasteiger partial charge in [0.25, 0.3) is 0 Å². The third kappa shape index (κ3) is 11.4. The molecule has 1 aliphatic rings. The molecule has 0 bridgehead atoms. The number of hydrogen-bond donors (Lipinski definition) is 8. The van der Waals surface area contributed by atoms with E-state index in [0.29, 0.717) is 0 Å². The summed E-state index contributed by atoms with van der Waals surface area (Å²) in [6.45, 7) is 8.88. The van der Waals surface area contributed by atoms with Gasteiger partial charge in [0.1, 0.15) is 23.3 Å². The van der Waals surface area contributed by atoms with Crippen LogP contribution in [0.1, 0.15) is 84.5 Å². The van der Waals surface area contributed by atoms with Crippen LogP contribution in [0.4, 0.5) is 21.0 Å². The summed E-state index contributed by atoms with van der Waals surface area (Å²) in [5.41, 5.74) is 0.956. The molecule has 0 spiro atoms. The van der Waals surface area contributed by atoms with E-state index in [4.69, 9.17) is 9.47 Å². The number of fused-ring (bicyclic) bond motifs is 4. The van der Waals surface area contributed by atoms with E-state index in [1.165, 1.54) is 24.3 Å². The van der Waals surface area contributed by atoms with Crippen LogP contribution < -0.4 is 31.9 Å². The van der Waals surface area contributed by atoms with Gasteiger partial charge in [-0.05, 0) is 76.9 Å². The van der Waals surface area contributed by atoms with Crippen molar-refractivity contribution in [2.75, 3.05) is 23.7 Å². The number of alkyl carbamates (subject to hydrolysis) is 2. The maximum Gasteiger partial charge on any atom is 0.408 e. The first-order valence-corrected chi connectivity index (χ1v) is 21.8. The number of aromatic nitrogens is 2. The molecule has 0 aliphatic heterocycles. The van der Waals surface area contributed by atoms with Crippen molar-refractivity contribution in [2.24, 2.45) is 0 Å². The van der Waals surface area contributed by atoms with Crippen LogP contribution in [0, 0.1) is 0 Å². The normalized spacial score (nSPS) is 13.1. The summed E-state index contributed by atoms with van der Waals surface area (Å²) < 4.78 is 10.8. The quantitative estimate of drug-likeness (QED) is 0.0650. The fraction of sp³-hybridized carbons (Fsp3) is 0.280. The predicted molar refractivity (Wildman–Crippen MR) is 253 cm³/mol. The Labute approximate surface area is 390 Å². The fourth-order valence-corrected chi connectivity index (χ4v) is 7.76. The Morgan fingerprint density at radius 1 is 0.529 bits per heavy atom. The molecule has 18 nitrogen and oxygen atoms in total. The van der Waals surface area contributed by atoms with E-state index in [1.807, 2.05) is 48.5 Å². The van der Waals surface area contributed by atoms with E-state index in [-0.39, 0.29) is 46.5 Å². The third-order valence-electron chi connectivity index (χ3n) is 10.7. The number of aromatic amines is 2. The van der Waals surface area contributed by atoms with Gasteiger partial charge < -0.3 is 51.3 Å². The molecule has 2 heterocycles. The van der Waals surface area contributed by atoms with Crippen molar-refractivity contribution in [1.29, 1.82) is 0 Å².